The number of likely N-dealkylation sites (tertiary alicyclic amines) is 1. The Balaban J connectivity index is 2.25. The number of hydrogen-bond acceptors (Lipinski definition) is 5. The fourth-order valence-electron chi connectivity index (χ4n) is 2.04. The Bertz CT molecular complexity index is 439. The third-order valence-corrected chi connectivity index (χ3v) is 3.89. The van der Waals surface area contributed by atoms with Crippen molar-refractivity contribution in [3.8, 4) is 0 Å². The lowest BCUT2D eigenvalue weighted by atomic mass is 10.2. The normalized spacial score (nSPS) is 18.1. The maximum Gasteiger partial charge on any atom is 0.326 e. The molecule has 0 aliphatic carbocycles. The summed E-state index contributed by atoms with van der Waals surface area (Å²) in [5, 5.41) is 19.8. The van der Waals surface area contributed by atoms with Crippen LogP contribution < -0.4 is 0 Å². The zero-order valence-corrected chi connectivity index (χ0v) is 9.85. The predicted molar refractivity (Wildman–Crippen MR) is 62.2 cm³/mol. The summed E-state index contributed by atoms with van der Waals surface area (Å²) in [5.74, 6) is -0.941. The van der Waals surface area contributed by atoms with Crippen molar-refractivity contribution in [3.63, 3.8) is 0 Å². The Kier molecular flexibility index (Phi) is 3.39. The van der Waals surface area contributed by atoms with Crippen LogP contribution >= 0.6 is 11.3 Å². The highest BCUT2D eigenvalue weighted by atomic mass is 32.1. The molecule has 1 atom stereocenters. The molecular formula is C10H12N2O4S. The molecule has 1 aliphatic heterocycles. The van der Waals surface area contributed by atoms with Crippen LogP contribution in [0.2, 0.25) is 0 Å². The van der Waals surface area contributed by atoms with Gasteiger partial charge in [-0.15, -0.1) is 0 Å². The van der Waals surface area contributed by atoms with Crippen LogP contribution in [0.25, 0.3) is 0 Å². The topological polar surface area (TPSA) is 83.7 Å². The zero-order chi connectivity index (χ0) is 12.4. The minimum atomic E-state index is -0.941. The number of rotatable bonds is 4. The van der Waals surface area contributed by atoms with Gasteiger partial charge >= 0.3 is 11.0 Å². The SMILES string of the molecule is O=C(O)C(c1ccc([N+](=O)[O-])s1)N1CCCC1. The smallest absolute Gasteiger partial charge is 0.326 e. The van der Waals surface area contributed by atoms with Gasteiger partial charge in [0.25, 0.3) is 0 Å². The number of carbonyl (C=O) groups is 1. The van der Waals surface area contributed by atoms with Gasteiger partial charge < -0.3 is 5.11 Å². The van der Waals surface area contributed by atoms with Crippen LogP contribution in [-0.2, 0) is 4.79 Å². The molecule has 0 saturated carbocycles. The monoisotopic (exact) mass is 256 g/mol. The van der Waals surface area contributed by atoms with E-state index in [1.807, 2.05) is 4.90 Å². The Morgan fingerprint density at radius 2 is 2.12 bits per heavy atom. The molecule has 0 bridgehead atoms. The number of carboxylic acids is 1. The lowest BCUT2D eigenvalue weighted by molar-refractivity contribution is -0.380. The first-order valence-electron chi connectivity index (χ1n) is 5.30. The van der Waals surface area contributed by atoms with Crippen LogP contribution in [0.15, 0.2) is 12.1 Å². The molecule has 1 saturated heterocycles. The van der Waals surface area contributed by atoms with E-state index in [4.69, 9.17) is 0 Å². The number of thiophene rings is 1. The second kappa shape index (κ2) is 4.80. The molecule has 0 spiro atoms. The number of aliphatic carboxylic acids is 1. The summed E-state index contributed by atoms with van der Waals surface area (Å²) >= 11 is 0.943. The van der Waals surface area contributed by atoms with E-state index in [-0.39, 0.29) is 5.00 Å². The van der Waals surface area contributed by atoms with Gasteiger partial charge in [-0.2, -0.15) is 0 Å². The summed E-state index contributed by atoms with van der Waals surface area (Å²) in [6.07, 6.45) is 1.97. The molecule has 0 aromatic carbocycles. The quantitative estimate of drug-likeness (QED) is 0.656. The van der Waals surface area contributed by atoms with E-state index in [9.17, 15) is 20.0 Å². The standard InChI is InChI=1S/C10H12N2O4S/c13-10(14)9(11-5-1-2-6-11)7-3-4-8(17-7)12(15)16/h3-4,9H,1-2,5-6H2,(H,13,14). The van der Waals surface area contributed by atoms with Crippen molar-refractivity contribution in [1.29, 1.82) is 0 Å². The van der Waals surface area contributed by atoms with Crippen molar-refractivity contribution in [1.82, 2.24) is 4.90 Å². The Morgan fingerprint density at radius 3 is 2.59 bits per heavy atom. The van der Waals surface area contributed by atoms with E-state index >= 15 is 0 Å². The molecule has 1 aromatic heterocycles. The van der Waals surface area contributed by atoms with Crippen LogP contribution in [0.5, 0.6) is 0 Å². The van der Waals surface area contributed by atoms with Crippen LogP contribution in [0.3, 0.4) is 0 Å². The first-order valence-corrected chi connectivity index (χ1v) is 6.12. The van der Waals surface area contributed by atoms with E-state index in [0.717, 1.165) is 37.3 Å². The average molecular weight is 256 g/mol. The van der Waals surface area contributed by atoms with Gasteiger partial charge in [0.05, 0.1) is 4.92 Å². The second-order valence-corrected chi connectivity index (χ2v) is 5.01. The maximum absolute atomic E-state index is 11.3. The molecule has 2 heterocycles. The summed E-state index contributed by atoms with van der Waals surface area (Å²) in [5.41, 5.74) is 0. The Labute approximate surface area is 102 Å². The summed E-state index contributed by atoms with van der Waals surface area (Å²) in [7, 11) is 0. The number of hydrogen-bond donors (Lipinski definition) is 1. The summed E-state index contributed by atoms with van der Waals surface area (Å²) in [4.78, 5) is 23.7. The third kappa shape index (κ3) is 2.45. The van der Waals surface area contributed by atoms with Crippen LogP contribution in [-0.4, -0.2) is 34.0 Å². The van der Waals surface area contributed by atoms with E-state index in [1.165, 1.54) is 6.07 Å². The van der Waals surface area contributed by atoms with Crippen molar-refractivity contribution in [2.24, 2.45) is 0 Å². The molecule has 1 unspecified atom stereocenters. The van der Waals surface area contributed by atoms with Gasteiger partial charge in [-0.1, -0.05) is 11.3 Å². The molecular weight excluding hydrogens is 244 g/mol. The molecule has 17 heavy (non-hydrogen) atoms. The van der Waals surface area contributed by atoms with Gasteiger partial charge in [0.2, 0.25) is 0 Å². The van der Waals surface area contributed by atoms with Gasteiger partial charge in [-0.05, 0) is 32.0 Å². The lowest BCUT2D eigenvalue weighted by Gasteiger charge is -2.22. The van der Waals surface area contributed by atoms with Crippen molar-refractivity contribution in [2.75, 3.05) is 13.1 Å². The number of carboxylic acid groups (broad SMARTS) is 1. The minimum absolute atomic E-state index is 0.00885. The van der Waals surface area contributed by atoms with E-state index in [2.05, 4.69) is 0 Å². The Morgan fingerprint density at radius 1 is 1.47 bits per heavy atom. The average Bonchev–Trinajstić information content (AvgIpc) is 2.88. The van der Waals surface area contributed by atoms with Crippen LogP contribution in [0.1, 0.15) is 23.8 Å². The third-order valence-electron chi connectivity index (χ3n) is 2.80. The molecule has 1 aliphatic rings. The van der Waals surface area contributed by atoms with Crippen LogP contribution in [0, 0.1) is 10.1 Å². The van der Waals surface area contributed by atoms with Gasteiger partial charge in [-0.25, -0.2) is 0 Å². The summed E-state index contributed by atoms with van der Waals surface area (Å²) in [6.45, 7) is 1.48. The van der Waals surface area contributed by atoms with Crippen molar-refractivity contribution in [2.45, 2.75) is 18.9 Å². The van der Waals surface area contributed by atoms with Gasteiger partial charge in [0, 0.05) is 10.9 Å². The molecule has 1 N–H and O–H groups in total. The highest BCUT2D eigenvalue weighted by Crippen LogP contribution is 2.33. The van der Waals surface area contributed by atoms with Gasteiger partial charge in [0.15, 0.2) is 0 Å². The first kappa shape index (κ1) is 12.0. The number of nitrogens with zero attached hydrogens (tertiary/aromatic N) is 2. The Hall–Kier alpha value is -1.47. The fourth-order valence-corrected chi connectivity index (χ4v) is 2.99. The molecule has 92 valence electrons. The van der Waals surface area contributed by atoms with Gasteiger partial charge in [-0.3, -0.25) is 19.8 Å². The number of nitro groups is 1. The first-order chi connectivity index (χ1) is 8.09. The van der Waals surface area contributed by atoms with Crippen molar-refractivity contribution >= 4 is 22.3 Å². The van der Waals surface area contributed by atoms with E-state index in [1.54, 1.807) is 6.07 Å². The molecule has 2 rings (SSSR count). The highest BCUT2D eigenvalue weighted by Gasteiger charge is 2.31. The maximum atomic E-state index is 11.3. The molecule has 0 amide bonds. The predicted octanol–water partition coefficient (Wildman–Crippen LogP) is 1.88. The molecule has 6 nitrogen and oxygen atoms in total. The van der Waals surface area contributed by atoms with E-state index < -0.39 is 16.9 Å². The lowest BCUT2D eigenvalue weighted by Crippen LogP contribution is -2.31. The zero-order valence-electron chi connectivity index (χ0n) is 9.04. The summed E-state index contributed by atoms with van der Waals surface area (Å²) < 4.78 is 0. The fraction of sp³-hybridized carbons (Fsp3) is 0.500. The molecule has 0 radical (unpaired) electrons. The largest absolute Gasteiger partial charge is 0.480 e. The van der Waals surface area contributed by atoms with Crippen molar-refractivity contribution < 1.29 is 14.8 Å². The van der Waals surface area contributed by atoms with Crippen molar-refractivity contribution in [3.05, 3.63) is 27.1 Å². The van der Waals surface area contributed by atoms with E-state index in [0.29, 0.717) is 4.88 Å². The highest BCUT2D eigenvalue weighted by molar-refractivity contribution is 7.15. The minimum Gasteiger partial charge on any atom is -0.480 e. The molecule has 1 aromatic rings. The summed E-state index contributed by atoms with van der Waals surface area (Å²) in [6, 6.07) is 2.17. The van der Waals surface area contributed by atoms with Crippen LogP contribution in [0.4, 0.5) is 5.00 Å². The van der Waals surface area contributed by atoms with Gasteiger partial charge in [0.1, 0.15) is 6.04 Å². The molecule has 7 heteroatoms. The second-order valence-electron chi connectivity index (χ2n) is 3.92. The molecule has 1 fully saturated rings.